The van der Waals surface area contributed by atoms with E-state index in [2.05, 4.69) is 30.3 Å². The van der Waals surface area contributed by atoms with Gasteiger partial charge in [-0.05, 0) is 31.5 Å². The Kier molecular flexibility index (Phi) is 4.25. The van der Waals surface area contributed by atoms with E-state index in [9.17, 15) is 0 Å². The van der Waals surface area contributed by atoms with Crippen LogP contribution in [0.15, 0.2) is 12.1 Å². The molecule has 0 radical (unpaired) electrons. The van der Waals surface area contributed by atoms with Crippen LogP contribution in [0.2, 0.25) is 4.34 Å². The highest BCUT2D eigenvalue weighted by Gasteiger charge is 2.24. The molecule has 1 N–H and O–H groups in total. The van der Waals surface area contributed by atoms with Crippen molar-refractivity contribution in [3.63, 3.8) is 0 Å². The molecule has 2 unspecified atom stereocenters. The summed E-state index contributed by atoms with van der Waals surface area (Å²) in [5, 5.41) is 3.40. The maximum absolute atomic E-state index is 5.94. The van der Waals surface area contributed by atoms with Gasteiger partial charge in [0.25, 0.3) is 0 Å². The molecule has 2 atom stereocenters. The molecule has 1 aromatic heterocycles. The van der Waals surface area contributed by atoms with E-state index in [4.69, 9.17) is 11.6 Å². The molecule has 1 fully saturated rings. The van der Waals surface area contributed by atoms with Gasteiger partial charge in [0, 0.05) is 30.6 Å². The second kappa shape index (κ2) is 5.50. The summed E-state index contributed by atoms with van der Waals surface area (Å²) in [6.07, 6.45) is 1.25. The molecule has 0 saturated carbocycles. The van der Waals surface area contributed by atoms with Gasteiger partial charge in [0.2, 0.25) is 0 Å². The van der Waals surface area contributed by atoms with Gasteiger partial charge >= 0.3 is 0 Å². The Bertz CT molecular complexity index is 340. The number of nitrogens with zero attached hydrogens (tertiary/aromatic N) is 1. The third-order valence-corrected chi connectivity index (χ3v) is 4.58. The van der Waals surface area contributed by atoms with E-state index in [1.165, 1.54) is 24.4 Å². The van der Waals surface area contributed by atoms with Gasteiger partial charge in [0.15, 0.2) is 0 Å². The number of thiophene rings is 1. The molecule has 1 aliphatic heterocycles. The first-order valence-corrected chi connectivity index (χ1v) is 7.02. The number of piperidine rings is 1. The van der Waals surface area contributed by atoms with Gasteiger partial charge in [-0.1, -0.05) is 18.5 Å². The maximum atomic E-state index is 5.94. The monoisotopic (exact) mass is 258 g/mol. The molecule has 2 heterocycles. The van der Waals surface area contributed by atoms with Crippen LogP contribution in [0.5, 0.6) is 0 Å². The molecule has 2 rings (SSSR count). The summed E-state index contributed by atoms with van der Waals surface area (Å²) >= 11 is 7.64. The lowest BCUT2D eigenvalue weighted by atomic mass is 9.94. The van der Waals surface area contributed by atoms with E-state index in [1.54, 1.807) is 11.3 Å². The average Bonchev–Trinajstić information content (AvgIpc) is 2.64. The minimum Gasteiger partial charge on any atom is -0.317 e. The Morgan fingerprint density at radius 1 is 1.56 bits per heavy atom. The summed E-state index contributed by atoms with van der Waals surface area (Å²) in [6.45, 7) is 5.75. The molecule has 16 heavy (non-hydrogen) atoms. The molecule has 2 nitrogen and oxygen atoms in total. The average molecular weight is 259 g/mol. The summed E-state index contributed by atoms with van der Waals surface area (Å²) in [6, 6.07) is 4.82. The molecule has 90 valence electrons. The smallest absolute Gasteiger partial charge is 0.0931 e. The van der Waals surface area contributed by atoms with Crippen LogP contribution in [0.3, 0.4) is 0 Å². The molecule has 1 aliphatic rings. The number of hydrogen-bond acceptors (Lipinski definition) is 3. The first-order chi connectivity index (χ1) is 7.69. The highest BCUT2D eigenvalue weighted by atomic mass is 35.5. The highest BCUT2D eigenvalue weighted by molar-refractivity contribution is 7.16. The van der Waals surface area contributed by atoms with Crippen molar-refractivity contribution in [1.29, 1.82) is 0 Å². The molecule has 0 amide bonds. The summed E-state index contributed by atoms with van der Waals surface area (Å²) < 4.78 is 0.896. The molecular weight excluding hydrogens is 240 g/mol. The van der Waals surface area contributed by atoms with Gasteiger partial charge in [0.1, 0.15) is 0 Å². The topological polar surface area (TPSA) is 15.3 Å². The van der Waals surface area contributed by atoms with Crippen LogP contribution < -0.4 is 5.32 Å². The molecule has 0 bridgehead atoms. The Morgan fingerprint density at radius 3 is 2.94 bits per heavy atom. The molecular formula is C12H19ClN2S. The Labute approximate surface area is 107 Å². The van der Waals surface area contributed by atoms with Crippen molar-refractivity contribution in [2.24, 2.45) is 5.92 Å². The molecule has 1 saturated heterocycles. The van der Waals surface area contributed by atoms with Crippen molar-refractivity contribution in [3.05, 3.63) is 21.3 Å². The summed E-state index contributed by atoms with van der Waals surface area (Å²) in [5.41, 5.74) is 0. The Morgan fingerprint density at radius 2 is 2.38 bits per heavy atom. The zero-order valence-electron chi connectivity index (χ0n) is 9.87. The maximum Gasteiger partial charge on any atom is 0.0931 e. The number of likely N-dealkylation sites (tertiary alicyclic amines) is 1. The summed E-state index contributed by atoms with van der Waals surface area (Å²) in [4.78, 5) is 3.90. The Hall–Kier alpha value is -0.0900. The summed E-state index contributed by atoms with van der Waals surface area (Å²) in [5.74, 6) is 0.731. The fourth-order valence-electron chi connectivity index (χ4n) is 2.46. The largest absolute Gasteiger partial charge is 0.317 e. The third kappa shape index (κ3) is 2.98. The highest BCUT2D eigenvalue weighted by Crippen LogP contribution is 2.25. The van der Waals surface area contributed by atoms with Crippen molar-refractivity contribution in [2.45, 2.75) is 25.9 Å². The van der Waals surface area contributed by atoms with E-state index in [0.717, 1.165) is 16.8 Å². The minimum atomic E-state index is 0.683. The van der Waals surface area contributed by atoms with Crippen molar-refractivity contribution in [3.8, 4) is 0 Å². The van der Waals surface area contributed by atoms with E-state index >= 15 is 0 Å². The minimum absolute atomic E-state index is 0.683. The van der Waals surface area contributed by atoms with E-state index in [1.807, 2.05) is 6.07 Å². The lowest BCUT2D eigenvalue weighted by molar-refractivity contribution is 0.146. The van der Waals surface area contributed by atoms with Crippen LogP contribution in [-0.2, 0) is 6.54 Å². The van der Waals surface area contributed by atoms with Gasteiger partial charge in [-0.2, -0.15) is 0 Å². The number of halogens is 1. The second-order valence-corrected chi connectivity index (χ2v) is 6.40. The SMILES string of the molecule is CNC1CCN(Cc2ccc(Cl)s2)CC1C. The molecule has 0 spiro atoms. The summed E-state index contributed by atoms with van der Waals surface area (Å²) in [7, 11) is 2.07. The first-order valence-electron chi connectivity index (χ1n) is 5.83. The lowest BCUT2D eigenvalue weighted by Crippen LogP contribution is -2.46. The predicted octanol–water partition coefficient (Wildman–Crippen LogP) is 2.83. The van der Waals surface area contributed by atoms with Crippen LogP contribution in [0.25, 0.3) is 0 Å². The van der Waals surface area contributed by atoms with Crippen molar-refractivity contribution in [2.75, 3.05) is 20.1 Å². The van der Waals surface area contributed by atoms with E-state index in [0.29, 0.717) is 6.04 Å². The molecule has 0 aliphatic carbocycles. The second-order valence-electron chi connectivity index (χ2n) is 4.60. The number of hydrogen-bond donors (Lipinski definition) is 1. The van der Waals surface area contributed by atoms with Gasteiger partial charge in [-0.3, -0.25) is 4.90 Å². The van der Waals surface area contributed by atoms with Gasteiger partial charge in [0.05, 0.1) is 4.34 Å². The molecule has 1 aromatic rings. The standard InChI is InChI=1S/C12H19ClN2S/c1-9-7-15(6-5-11(9)14-2)8-10-3-4-12(13)16-10/h3-4,9,11,14H,5-8H2,1-2H3. The van der Waals surface area contributed by atoms with Crippen LogP contribution in [0.4, 0.5) is 0 Å². The van der Waals surface area contributed by atoms with Crippen LogP contribution >= 0.6 is 22.9 Å². The number of nitrogens with one attached hydrogen (secondary N) is 1. The normalized spacial score (nSPS) is 27.2. The van der Waals surface area contributed by atoms with Crippen molar-refractivity contribution in [1.82, 2.24) is 10.2 Å². The molecule has 4 heteroatoms. The third-order valence-electron chi connectivity index (χ3n) is 3.37. The van der Waals surface area contributed by atoms with Crippen LogP contribution in [0, 0.1) is 5.92 Å². The van der Waals surface area contributed by atoms with Crippen LogP contribution in [-0.4, -0.2) is 31.1 Å². The van der Waals surface area contributed by atoms with Gasteiger partial charge < -0.3 is 5.32 Å². The first kappa shape index (κ1) is 12.4. The fraction of sp³-hybridized carbons (Fsp3) is 0.667. The van der Waals surface area contributed by atoms with Crippen molar-refractivity contribution >= 4 is 22.9 Å². The predicted molar refractivity (Wildman–Crippen MR) is 71.2 cm³/mol. The van der Waals surface area contributed by atoms with Gasteiger partial charge in [-0.25, -0.2) is 0 Å². The van der Waals surface area contributed by atoms with Gasteiger partial charge in [-0.15, -0.1) is 11.3 Å². The zero-order valence-corrected chi connectivity index (χ0v) is 11.4. The van der Waals surface area contributed by atoms with Crippen LogP contribution in [0.1, 0.15) is 18.2 Å². The van der Waals surface area contributed by atoms with Crippen molar-refractivity contribution < 1.29 is 0 Å². The fourth-order valence-corrected chi connectivity index (χ4v) is 3.59. The molecule has 0 aromatic carbocycles. The zero-order chi connectivity index (χ0) is 11.5. The Balaban J connectivity index is 1.88. The lowest BCUT2D eigenvalue weighted by Gasteiger charge is -2.36. The number of rotatable bonds is 3. The van der Waals surface area contributed by atoms with E-state index in [-0.39, 0.29) is 0 Å². The van der Waals surface area contributed by atoms with E-state index < -0.39 is 0 Å². The quantitative estimate of drug-likeness (QED) is 0.897.